The number of rotatable bonds is 6. The van der Waals surface area contributed by atoms with Crippen LogP contribution in [0.4, 0.5) is 5.69 Å². The Morgan fingerprint density at radius 2 is 1.82 bits per heavy atom. The summed E-state index contributed by atoms with van der Waals surface area (Å²) in [4.78, 5) is 12.3. The van der Waals surface area contributed by atoms with Gasteiger partial charge in [0.15, 0.2) is 11.5 Å². The molecule has 1 fully saturated rings. The van der Waals surface area contributed by atoms with Gasteiger partial charge >= 0.3 is 0 Å². The fraction of sp³-hybridized carbons (Fsp3) is 0.588. The SMILES string of the molecule is COc1ccc(N[C@H](C)C(=O)NC2CCCCC2)cc1OC. The first-order chi connectivity index (χ1) is 10.6. The number of amides is 1. The maximum absolute atomic E-state index is 12.3. The van der Waals surface area contributed by atoms with Crippen LogP contribution in [0.5, 0.6) is 11.5 Å². The molecule has 1 amide bonds. The van der Waals surface area contributed by atoms with Gasteiger partial charge in [0.2, 0.25) is 5.91 Å². The predicted octanol–water partition coefficient (Wildman–Crippen LogP) is 2.95. The van der Waals surface area contributed by atoms with Crippen LogP contribution in [-0.4, -0.2) is 32.2 Å². The van der Waals surface area contributed by atoms with Gasteiger partial charge < -0.3 is 20.1 Å². The Morgan fingerprint density at radius 1 is 1.14 bits per heavy atom. The normalized spacial score (nSPS) is 16.7. The van der Waals surface area contributed by atoms with Crippen molar-refractivity contribution in [3.05, 3.63) is 18.2 Å². The molecule has 0 aliphatic heterocycles. The van der Waals surface area contributed by atoms with Crippen LogP contribution in [0.2, 0.25) is 0 Å². The van der Waals surface area contributed by atoms with Crippen LogP contribution in [-0.2, 0) is 4.79 Å². The summed E-state index contributed by atoms with van der Waals surface area (Å²) in [6.07, 6.45) is 5.89. The lowest BCUT2D eigenvalue weighted by Crippen LogP contribution is -2.43. The first-order valence-corrected chi connectivity index (χ1v) is 7.93. The lowest BCUT2D eigenvalue weighted by Gasteiger charge is -2.25. The van der Waals surface area contributed by atoms with Crippen LogP contribution in [0.15, 0.2) is 18.2 Å². The van der Waals surface area contributed by atoms with E-state index in [9.17, 15) is 4.79 Å². The van der Waals surface area contributed by atoms with Gasteiger partial charge in [0.25, 0.3) is 0 Å². The molecule has 1 aromatic carbocycles. The van der Waals surface area contributed by atoms with Crippen LogP contribution in [0.25, 0.3) is 0 Å². The number of carbonyl (C=O) groups excluding carboxylic acids is 1. The number of hydrogen-bond acceptors (Lipinski definition) is 4. The molecule has 2 rings (SSSR count). The number of benzene rings is 1. The quantitative estimate of drug-likeness (QED) is 0.848. The maximum atomic E-state index is 12.3. The highest BCUT2D eigenvalue weighted by molar-refractivity contribution is 5.84. The van der Waals surface area contributed by atoms with Gasteiger partial charge in [0.1, 0.15) is 6.04 Å². The van der Waals surface area contributed by atoms with E-state index in [1.165, 1.54) is 19.3 Å². The Balaban J connectivity index is 1.92. The van der Waals surface area contributed by atoms with Gasteiger partial charge in [-0.3, -0.25) is 4.79 Å². The third-order valence-electron chi connectivity index (χ3n) is 4.11. The zero-order chi connectivity index (χ0) is 15.9. The molecule has 0 unspecified atom stereocenters. The van der Waals surface area contributed by atoms with Crippen molar-refractivity contribution in [3.63, 3.8) is 0 Å². The highest BCUT2D eigenvalue weighted by Crippen LogP contribution is 2.30. The molecule has 2 N–H and O–H groups in total. The van der Waals surface area contributed by atoms with Gasteiger partial charge in [-0.15, -0.1) is 0 Å². The van der Waals surface area contributed by atoms with Gasteiger partial charge in [-0.25, -0.2) is 0 Å². The Bertz CT molecular complexity index is 499. The molecule has 1 atom stereocenters. The summed E-state index contributed by atoms with van der Waals surface area (Å²) in [7, 11) is 3.20. The van der Waals surface area contributed by atoms with Crippen molar-refractivity contribution in [2.45, 2.75) is 51.1 Å². The van der Waals surface area contributed by atoms with E-state index in [-0.39, 0.29) is 11.9 Å². The van der Waals surface area contributed by atoms with Gasteiger partial charge in [-0.05, 0) is 31.9 Å². The molecule has 0 spiro atoms. The van der Waals surface area contributed by atoms with E-state index in [1.54, 1.807) is 14.2 Å². The molecule has 5 heteroatoms. The average molecular weight is 306 g/mol. The maximum Gasteiger partial charge on any atom is 0.242 e. The number of anilines is 1. The Labute approximate surface area is 132 Å². The molecule has 0 saturated heterocycles. The number of ether oxygens (including phenoxy) is 2. The van der Waals surface area contributed by atoms with Gasteiger partial charge in [0, 0.05) is 17.8 Å². The molecule has 1 aliphatic rings. The molecule has 1 aromatic rings. The molecule has 0 radical (unpaired) electrons. The molecule has 5 nitrogen and oxygen atoms in total. The van der Waals surface area contributed by atoms with E-state index in [0.29, 0.717) is 17.5 Å². The second-order valence-electron chi connectivity index (χ2n) is 5.78. The number of carbonyl (C=O) groups is 1. The van der Waals surface area contributed by atoms with Crippen molar-refractivity contribution in [1.82, 2.24) is 5.32 Å². The minimum Gasteiger partial charge on any atom is -0.493 e. The summed E-state index contributed by atoms with van der Waals surface area (Å²) in [5.74, 6) is 1.36. The second kappa shape index (κ2) is 7.92. The summed E-state index contributed by atoms with van der Waals surface area (Å²) in [5.41, 5.74) is 0.837. The topological polar surface area (TPSA) is 59.6 Å². The van der Waals surface area contributed by atoms with E-state index < -0.39 is 0 Å². The number of hydrogen-bond donors (Lipinski definition) is 2. The van der Waals surface area contributed by atoms with Crippen molar-refractivity contribution < 1.29 is 14.3 Å². The van der Waals surface area contributed by atoms with Crippen molar-refractivity contribution in [2.24, 2.45) is 0 Å². The molecule has 22 heavy (non-hydrogen) atoms. The van der Waals surface area contributed by atoms with E-state index >= 15 is 0 Å². The molecular weight excluding hydrogens is 280 g/mol. The van der Waals surface area contributed by atoms with Crippen LogP contribution >= 0.6 is 0 Å². The van der Waals surface area contributed by atoms with E-state index in [0.717, 1.165) is 18.5 Å². The molecule has 0 bridgehead atoms. The Kier molecular flexibility index (Phi) is 5.92. The van der Waals surface area contributed by atoms with Crippen LogP contribution in [0.1, 0.15) is 39.0 Å². The lowest BCUT2D eigenvalue weighted by atomic mass is 9.95. The molecule has 1 aliphatic carbocycles. The van der Waals surface area contributed by atoms with Crippen molar-refractivity contribution >= 4 is 11.6 Å². The van der Waals surface area contributed by atoms with Gasteiger partial charge in [-0.1, -0.05) is 19.3 Å². The zero-order valence-electron chi connectivity index (χ0n) is 13.6. The molecular formula is C17H26N2O3. The van der Waals surface area contributed by atoms with E-state index in [2.05, 4.69) is 10.6 Å². The number of methoxy groups -OCH3 is 2. The Hall–Kier alpha value is -1.91. The van der Waals surface area contributed by atoms with Crippen molar-refractivity contribution in [3.8, 4) is 11.5 Å². The van der Waals surface area contributed by atoms with Crippen molar-refractivity contribution in [2.75, 3.05) is 19.5 Å². The smallest absolute Gasteiger partial charge is 0.242 e. The molecule has 1 saturated carbocycles. The minimum absolute atomic E-state index is 0.0432. The average Bonchev–Trinajstić information content (AvgIpc) is 2.55. The highest BCUT2D eigenvalue weighted by atomic mass is 16.5. The molecule has 0 heterocycles. The van der Waals surface area contributed by atoms with Crippen LogP contribution < -0.4 is 20.1 Å². The number of nitrogens with one attached hydrogen (secondary N) is 2. The summed E-state index contributed by atoms with van der Waals surface area (Å²) in [6.45, 7) is 1.87. The fourth-order valence-corrected chi connectivity index (χ4v) is 2.81. The highest BCUT2D eigenvalue weighted by Gasteiger charge is 2.19. The van der Waals surface area contributed by atoms with Crippen LogP contribution in [0, 0.1) is 0 Å². The Morgan fingerprint density at radius 3 is 2.45 bits per heavy atom. The fourth-order valence-electron chi connectivity index (χ4n) is 2.81. The summed E-state index contributed by atoms with van der Waals surface area (Å²) in [5, 5.41) is 6.34. The van der Waals surface area contributed by atoms with Crippen molar-refractivity contribution in [1.29, 1.82) is 0 Å². The second-order valence-corrected chi connectivity index (χ2v) is 5.78. The monoisotopic (exact) mass is 306 g/mol. The minimum atomic E-state index is -0.292. The first-order valence-electron chi connectivity index (χ1n) is 7.93. The van der Waals surface area contributed by atoms with E-state index in [4.69, 9.17) is 9.47 Å². The third-order valence-corrected chi connectivity index (χ3v) is 4.11. The third kappa shape index (κ3) is 4.29. The van der Waals surface area contributed by atoms with E-state index in [1.807, 2.05) is 25.1 Å². The summed E-state index contributed by atoms with van der Waals surface area (Å²) >= 11 is 0. The van der Waals surface area contributed by atoms with Gasteiger partial charge in [-0.2, -0.15) is 0 Å². The summed E-state index contributed by atoms with van der Waals surface area (Å²) < 4.78 is 10.5. The lowest BCUT2D eigenvalue weighted by molar-refractivity contribution is -0.122. The summed E-state index contributed by atoms with van der Waals surface area (Å²) in [6, 6.07) is 5.58. The molecule has 122 valence electrons. The molecule has 0 aromatic heterocycles. The first kappa shape index (κ1) is 16.5. The largest absolute Gasteiger partial charge is 0.493 e. The predicted molar refractivity (Wildman–Crippen MR) is 87.6 cm³/mol. The zero-order valence-corrected chi connectivity index (χ0v) is 13.6. The van der Waals surface area contributed by atoms with Gasteiger partial charge in [0.05, 0.1) is 14.2 Å². The van der Waals surface area contributed by atoms with Crippen LogP contribution in [0.3, 0.4) is 0 Å². The standard InChI is InChI=1S/C17H26N2O3/c1-12(17(20)19-13-7-5-4-6-8-13)18-14-9-10-15(21-2)16(11-14)22-3/h9-13,18H,4-8H2,1-3H3,(H,19,20)/t12-/m1/s1.